The van der Waals surface area contributed by atoms with E-state index in [-0.39, 0.29) is 12.0 Å². The van der Waals surface area contributed by atoms with E-state index in [1.807, 2.05) is 18.2 Å². The Kier molecular flexibility index (Phi) is 5.00. The molecule has 2 rings (SSSR count). The van der Waals surface area contributed by atoms with Crippen molar-refractivity contribution in [2.45, 2.75) is 6.42 Å². The standard InChI is InChI=1S/C14H17BrN2O3/c1-20-14(19)17-7-3-6-16(8-9-17)13(18)11-4-2-5-12(15)10-11/h2,4-5,10H,3,6-9H2,1H3. The molecule has 1 aliphatic heterocycles. The molecule has 1 aliphatic rings. The molecule has 0 saturated carbocycles. The SMILES string of the molecule is COC(=O)N1CCCN(C(=O)c2cccc(Br)c2)CC1. The summed E-state index contributed by atoms with van der Waals surface area (Å²) in [6, 6.07) is 7.34. The van der Waals surface area contributed by atoms with Gasteiger partial charge in [-0.1, -0.05) is 22.0 Å². The van der Waals surface area contributed by atoms with Gasteiger partial charge in [-0.05, 0) is 24.6 Å². The molecule has 0 spiro atoms. The first-order valence-corrected chi connectivity index (χ1v) is 7.29. The minimum Gasteiger partial charge on any atom is -0.453 e. The topological polar surface area (TPSA) is 49.9 Å². The summed E-state index contributed by atoms with van der Waals surface area (Å²) in [5, 5.41) is 0. The fourth-order valence-corrected chi connectivity index (χ4v) is 2.64. The number of halogens is 1. The first-order chi connectivity index (χ1) is 9.61. The van der Waals surface area contributed by atoms with Gasteiger partial charge in [-0.2, -0.15) is 0 Å². The monoisotopic (exact) mass is 340 g/mol. The van der Waals surface area contributed by atoms with Gasteiger partial charge >= 0.3 is 6.09 Å². The number of rotatable bonds is 1. The maximum absolute atomic E-state index is 12.4. The van der Waals surface area contributed by atoms with Gasteiger partial charge in [0.15, 0.2) is 0 Å². The van der Waals surface area contributed by atoms with Crippen LogP contribution in [0, 0.1) is 0 Å². The lowest BCUT2D eigenvalue weighted by atomic mass is 10.2. The van der Waals surface area contributed by atoms with Gasteiger partial charge in [-0.3, -0.25) is 4.79 Å². The van der Waals surface area contributed by atoms with Gasteiger partial charge in [0, 0.05) is 36.2 Å². The number of nitrogens with zero attached hydrogens (tertiary/aromatic N) is 2. The summed E-state index contributed by atoms with van der Waals surface area (Å²) < 4.78 is 5.60. The van der Waals surface area contributed by atoms with Crippen molar-refractivity contribution >= 4 is 27.9 Å². The third-order valence-corrected chi connectivity index (χ3v) is 3.78. The van der Waals surface area contributed by atoms with Gasteiger partial charge in [0.25, 0.3) is 5.91 Å². The van der Waals surface area contributed by atoms with E-state index in [0.717, 1.165) is 10.9 Å². The number of carbonyl (C=O) groups excluding carboxylic acids is 2. The fraction of sp³-hybridized carbons (Fsp3) is 0.429. The Balaban J connectivity index is 2.03. The molecule has 0 aliphatic carbocycles. The Morgan fingerprint density at radius 3 is 2.55 bits per heavy atom. The number of hydrogen-bond acceptors (Lipinski definition) is 3. The first-order valence-electron chi connectivity index (χ1n) is 6.49. The molecule has 0 radical (unpaired) electrons. The van der Waals surface area contributed by atoms with Crippen LogP contribution in [0.4, 0.5) is 4.79 Å². The van der Waals surface area contributed by atoms with E-state index in [1.165, 1.54) is 7.11 Å². The van der Waals surface area contributed by atoms with E-state index in [0.29, 0.717) is 31.7 Å². The molecule has 6 heteroatoms. The largest absolute Gasteiger partial charge is 0.453 e. The second-order valence-corrected chi connectivity index (χ2v) is 5.53. The number of hydrogen-bond donors (Lipinski definition) is 0. The Hall–Kier alpha value is -1.56. The molecule has 0 N–H and O–H groups in total. The molecule has 1 saturated heterocycles. The van der Waals surface area contributed by atoms with Crippen LogP contribution in [0.3, 0.4) is 0 Å². The lowest BCUT2D eigenvalue weighted by Gasteiger charge is -2.21. The maximum Gasteiger partial charge on any atom is 0.409 e. The van der Waals surface area contributed by atoms with Gasteiger partial charge < -0.3 is 14.5 Å². The lowest BCUT2D eigenvalue weighted by molar-refractivity contribution is 0.0757. The molecule has 5 nitrogen and oxygen atoms in total. The van der Waals surface area contributed by atoms with E-state index >= 15 is 0 Å². The van der Waals surface area contributed by atoms with Crippen molar-refractivity contribution in [1.82, 2.24) is 9.80 Å². The number of ether oxygens (including phenoxy) is 1. The number of benzene rings is 1. The number of carbonyl (C=O) groups is 2. The summed E-state index contributed by atoms with van der Waals surface area (Å²) in [4.78, 5) is 27.3. The van der Waals surface area contributed by atoms with Gasteiger partial charge in [0.2, 0.25) is 0 Å². The zero-order chi connectivity index (χ0) is 14.5. The predicted molar refractivity (Wildman–Crippen MR) is 78.6 cm³/mol. The summed E-state index contributed by atoms with van der Waals surface area (Å²) in [6.45, 7) is 2.31. The second-order valence-electron chi connectivity index (χ2n) is 4.61. The van der Waals surface area contributed by atoms with Crippen molar-refractivity contribution in [3.8, 4) is 0 Å². The van der Waals surface area contributed by atoms with Crippen molar-refractivity contribution < 1.29 is 14.3 Å². The second kappa shape index (κ2) is 6.74. The highest BCUT2D eigenvalue weighted by molar-refractivity contribution is 9.10. The summed E-state index contributed by atoms with van der Waals surface area (Å²) >= 11 is 3.37. The number of amides is 2. The zero-order valence-electron chi connectivity index (χ0n) is 11.3. The van der Waals surface area contributed by atoms with Gasteiger partial charge in [0.1, 0.15) is 0 Å². The molecular formula is C14H17BrN2O3. The van der Waals surface area contributed by atoms with Crippen LogP contribution in [0.15, 0.2) is 28.7 Å². The molecule has 20 heavy (non-hydrogen) atoms. The van der Waals surface area contributed by atoms with Crippen LogP contribution in [-0.2, 0) is 4.74 Å². The minimum atomic E-state index is -0.332. The summed E-state index contributed by atoms with van der Waals surface area (Å²) in [5.41, 5.74) is 0.658. The van der Waals surface area contributed by atoms with Gasteiger partial charge in [0.05, 0.1) is 7.11 Å². The molecule has 0 unspecified atom stereocenters. The molecule has 1 fully saturated rings. The Morgan fingerprint density at radius 1 is 1.15 bits per heavy atom. The third-order valence-electron chi connectivity index (χ3n) is 3.29. The average Bonchev–Trinajstić information content (AvgIpc) is 2.71. The van der Waals surface area contributed by atoms with Crippen LogP contribution in [0.5, 0.6) is 0 Å². The van der Waals surface area contributed by atoms with Gasteiger partial charge in [-0.25, -0.2) is 4.79 Å². The van der Waals surface area contributed by atoms with Crippen LogP contribution in [0.1, 0.15) is 16.8 Å². The highest BCUT2D eigenvalue weighted by atomic mass is 79.9. The smallest absolute Gasteiger partial charge is 0.409 e. The highest BCUT2D eigenvalue weighted by Gasteiger charge is 2.23. The van der Waals surface area contributed by atoms with E-state index < -0.39 is 0 Å². The third kappa shape index (κ3) is 3.50. The summed E-state index contributed by atoms with van der Waals surface area (Å²) in [6.07, 6.45) is 0.427. The Bertz CT molecular complexity index is 507. The normalized spacial score (nSPS) is 15.7. The molecule has 108 valence electrons. The fourth-order valence-electron chi connectivity index (χ4n) is 2.24. The quantitative estimate of drug-likeness (QED) is 0.788. The van der Waals surface area contributed by atoms with Crippen molar-refractivity contribution in [3.05, 3.63) is 34.3 Å². The van der Waals surface area contributed by atoms with E-state index in [2.05, 4.69) is 15.9 Å². The van der Waals surface area contributed by atoms with Crippen molar-refractivity contribution in [1.29, 1.82) is 0 Å². The minimum absolute atomic E-state index is 0.00184. The molecular weight excluding hydrogens is 324 g/mol. The Morgan fingerprint density at radius 2 is 1.85 bits per heavy atom. The molecule has 1 aromatic rings. The summed E-state index contributed by atoms with van der Waals surface area (Å²) in [7, 11) is 1.37. The van der Waals surface area contributed by atoms with Crippen molar-refractivity contribution in [3.63, 3.8) is 0 Å². The molecule has 0 aromatic heterocycles. The first kappa shape index (κ1) is 14.8. The van der Waals surface area contributed by atoms with Crippen LogP contribution in [0.25, 0.3) is 0 Å². The van der Waals surface area contributed by atoms with Crippen molar-refractivity contribution in [2.75, 3.05) is 33.3 Å². The molecule has 1 heterocycles. The van der Waals surface area contributed by atoms with E-state index in [9.17, 15) is 9.59 Å². The predicted octanol–water partition coefficient (Wildman–Crippen LogP) is 2.36. The van der Waals surface area contributed by atoms with E-state index in [4.69, 9.17) is 4.74 Å². The van der Waals surface area contributed by atoms with Crippen LogP contribution >= 0.6 is 15.9 Å². The van der Waals surface area contributed by atoms with Crippen molar-refractivity contribution in [2.24, 2.45) is 0 Å². The lowest BCUT2D eigenvalue weighted by Crippen LogP contribution is -2.37. The summed E-state index contributed by atoms with van der Waals surface area (Å²) in [5.74, 6) is -0.00184. The van der Waals surface area contributed by atoms with E-state index in [1.54, 1.807) is 15.9 Å². The van der Waals surface area contributed by atoms with Crippen LogP contribution in [-0.4, -0.2) is 55.1 Å². The highest BCUT2D eigenvalue weighted by Crippen LogP contribution is 2.15. The molecule has 0 atom stereocenters. The Labute approximate surface area is 126 Å². The maximum atomic E-state index is 12.4. The van der Waals surface area contributed by atoms with Gasteiger partial charge in [-0.15, -0.1) is 0 Å². The molecule has 0 bridgehead atoms. The van der Waals surface area contributed by atoms with Crippen LogP contribution < -0.4 is 0 Å². The molecule has 1 aromatic carbocycles. The average molecular weight is 341 g/mol. The van der Waals surface area contributed by atoms with Crippen LogP contribution in [0.2, 0.25) is 0 Å². The number of methoxy groups -OCH3 is 1. The zero-order valence-corrected chi connectivity index (χ0v) is 12.9. The molecule has 2 amide bonds.